The molecule has 0 saturated heterocycles. The lowest BCUT2D eigenvalue weighted by atomic mass is 9.98. The molecule has 0 saturated carbocycles. The van der Waals surface area contributed by atoms with Crippen molar-refractivity contribution in [3.63, 3.8) is 0 Å². The average Bonchev–Trinajstić information content (AvgIpc) is 2.39. The van der Waals surface area contributed by atoms with E-state index in [9.17, 15) is 9.18 Å². The second-order valence-corrected chi connectivity index (χ2v) is 5.03. The average molecular weight is 307 g/mol. The lowest BCUT2D eigenvalue weighted by molar-refractivity contribution is -0.108. The van der Waals surface area contributed by atoms with Gasteiger partial charge in [-0.15, -0.1) is 0 Å². The maximum atomic E-state index is 12.9. The standard InChI is InChI=1S/C15H12BrFO/c1-10(9-18)12-4-7-14(15(16)8-12)11-2-5-13(17)6-3-11/h2-10H,1H3. The van der Waals surface area contributed by atoms with E-state index >= 15 is 0 Å². The lowest BCUT2D eigenvalue weighted by Crippen LogP contribution is -1.94. The Morgan fingerprint density at radius 2 is 1.83 bits per heavy atom. The number of hydrogen-bond donors (Lipinski definition) is 0. The molecule has 0 bridgehead atoms. The third-order valence-electron chi connectivity index (χ3n) is 2.88. The summed E-state index contributed by atoms with van der Waals surface area (Å²) in [5.41, 5.74) is 2.88. The van der Waals surface area contributed by atoms with E-state index in [2.05, 4.69) is 15.9 Å². The third kappa shape index (κ3) is 2.67. The van der Waals surface area contributed by atoms with Crippen molar-refractivity contribution in [3.8, 4) is 11.1 Å². The number of carbonyl (C=O) groups is 1. The van der Waals surface area contributed by atoms with Gasteiger partial charge in [-0.05, 0) is 34.9 Å². The molecular weight excluding hydrogens is 295 g/mol. The van der Waals surface area contributed by atoms with Crippen LogP contribution < -0.4 is 0 Å². The fraction of sp³-hybridized carbons (Fsp3) is 0.133. The van der Waals surface area contributed by atoms with Gasteiger partial charge in [0.1, 0.15) is 12.1 Å². The number of hydrogen-bond acceptors (Lipinski definition) is 1. The smallest absolute Gasteiger partial charge is 0.127 e. The summed E-state index contributed by atoms with van der Waals surface area (Å²) < 4.78 is 13.8. The van der Waals surface area contributed by atoms with Gasteiger partial charge in [0.15, 0.2) is 0 Å². The van der Waals surface area contributed by atoms with E-state index in [1.54, 1.807) is 12.1 Å². The third-order valence-corrected chi connectivity index (χ3v) is 3.53. The Morgan fingerprint density at radius 3 is 2.39 bits per heavy atom. The zero-order valence-corrected chi connectivity index (χ0v) is 11.4. The molecule has 1 atom stereocenters. The lowest BCUT2D eigenvalue weighted by Gasteiger charge is -2.09. The first-order valence-corrected chi connectivity index (χ1v) is 6.42. The van der Waals surface area contributed by atoms with Crippen LogP contribution in [0.4, 0.5) is 4.39 Å². The van der Waals surface area contributed by atoms with Crippen molar-refractivity contribution in [2.45, 2.75) is 12.8 Å². The van der Waals surface area contributed by atoms with Crippen LogP contribution in [0.1, 0.15) is 18.4 Å². The van der Waals surface area contributed by atoms with Gasteiger partial charge in [-0.25, -0.2) is 4.39 Å². The molecular formula is C15H12BrFO. The van der Waals surface area contributed by atoms with E-state index in [4.69, 9.17) is 0 Å². The van der Waals surface area contributed by atoms with Crippen LogP contribution in [-0.2, 0) is 4.79 Å². The van der Waals surface area contributed by atoms with Gasteiger partial charge in [-0.3, -0.25) is 0 Å². The maximum Gasteiger partial charge on any atom is 0.127 e. The molecule has 0 aliphatic rings. The Balaban J connectivity index is 2.41. The predicted molar refractivity (Wildman–Crippen MR) is 74.0 cm³/mol. The van der Waals surface area contributed by atoms with Crippen molar-refractivity contribution < 1.29 is 9.18 Å². The van der Waals surface area contributed by atoms with Crippen LogP contribution in [0.2, 0.25) is 0 Å². The van der Waals surface area contributed by atoms with Crippen LogP contribution in [0.25, 0.3) is 11.1 Å². The zero-order chi connectivity index (χ0) is 13.1. The number of rotatable bonds is 3. The zero-order valence-electron chi connectivity index (χ0n) is 9.86. The van der Waals surface area contributed by atoms with Crippen molar-refractivity contribution in [2.75, 3.05) is 0 Å². The first kappa shape index (κ1) is 13.0. The highest BCUT2D eigenvalue weighted by Crippen LogP contribution is 2.30. The Hall–Kier alpha value is -1.48. The second-order valence-electron chi connectivity index (χ2n) is 4.17. The minimum absolute atomic E-state index is 0.122. The highest BCUT2D eigenvalue weighted by atomic mass is 79.9. The van der Waals surface area contributed by atoms with Gasteiger partial charge in [0.25, 0.3) is 0 Å². The summed E-state index contributed by atoms with van der Waals surface area (Å²) in [6.45, 7) is 1.85. The number of halogens is 2. The summed E-state index contributed by atoms with van der Waals surface area (Å²) in [6.07, 6.45) is 0.916. The molecule has 0 aliphatic carbocycles. The van der Waals surface area contributed by atoms with Gasteiger partial charge < -0.3 is 4.79 Å². The summed E-state index contributed by atoms with van der Waals surface area (Å²) in [7, 11) is 0. The first-order chi connectivity index (χ1) is 8.61. The molecule has 1 unspecified atom stereocenters. The summed E-state index contributed by atoms with van der Waals surface area (Å²) in [5.74, 6) is -0.371. The quantitative estimate of drug-likeness (QED) is 0.760. The molecule has 0 radical (unpaired) electrons. The van der Waals surface area contributed by atoms with Gasteiger partial charge in [0.05, 0.1) is 0 Å². The summed E-state index contributed by atoms with van der Waals surface area (Å²) >= 11 is 3.49. The fourth-order valence-electron chi connectivity index (χ4n) is 1.76. The molecule has 0 fully saturated rings. The molecule has 0 aromatic heterocycles. The Morgan fingerprint density at radius 1 is 1.17 bits per heavy atom. The van der Waals surface area contributed by atoms with Gasteiger partial charge in [0, 0.05) is 10.4 Å². The molecule has 2 aromatic rings. The molecule has 92 valence electrons. The van der Waals surface area contributed by atoms with E-state index in [1.807, 2.05) is 25.1 Å². The van der Waals surface area contributed by atoms with Gasteiger partial charge in [0.2, 0.25) is 0 Å². The fourth-order valence-corrected chi connectivity index (χ4v) is 2.38. The SMILES string of the molecule is CC(C=O)c1ccc(-c2ccc(F)cc2)c(Br)c1. The van der Waals surface area contributed by atoms with Crippen LogP contribution in [0.5, 0.6) is 0 Å². The van der Waals surface area contributed by atoms with E-state index in [0.29, 0.717) is 0 Å². The van der Waals surface area contributed by atoms with Gasteiger partial charge in [-0.2, -0.15) is 0 Å². The molecule has 0 N–H and O–H groups in total. The van der Waals surface area contributed by atoms with Crippen LogP contribution in [0, 0.1) is 5.82 Å². The van der Waals surface area contributed by atoms with E-state index in [1.165, 1.54) is 12.1 Å². The molecule has 0 amide bonds. The van der Waals surface area contributed by atoms with Crippen LogP contribution >= 0.6 is 15.9 Å². The van der Waals surface area contributed by atoms with Crippen molar-refractivity contribution in [1.82, 2.24) is 0 Å². The van der Waals surface area contributed by atoms with Crippen molar-refractivity contribution >= 4 is 22.2 Å². The topological polar surface area (TPSA) is 17.1 Å². The van der Waals surface area contributed by atoms with E-state index in [0.717, 1.165) is 27.4 Å². The number of benzene rings is 2. The Labute approximate surface area is 114 Å². The minimum Gasteiger partial charge on any atom is -0.303 e. The molecule has 2 aromatic carbocycles. The maximum absolute atomic E-state index is 12.9. The van der Waals surface area contributed by atoms with Crippen molar-refractivity contribution in [2.24, 2.45) is 0 Å². The Kier molecular flexibility index (Phi) is 3.92. The molecule has 0 aliphatic heterocycles. The largest absolute Gasteiger partial charge is 0.303 e. The van der Waals surface area contributed by atoms with Gasteiger partial charge >= 0.3 is 0 Å². The summed E-state index contributed by atoms with van der Waals surface area (Å²) in [5, 5.41) is 0. The van der Waals surface area contributed by atoms with Crippen LogP contribution in [0.15, 0.2) is 46.9 Å². The molecule has 18 heavy (non-hydrogen) atoms. The first-order valence-electron chi connectivity index (χ1n) is 5.62. The van der Waals surface area contributed by atoms with Gasteiger partial charge in [-0.1, -0.05) is 47.1 Å². The molecule has 2 rings (SSSR count). The molecule has 0 spiro atoms. The monoisotopic (exact) mass is 306 g/mol. The Bertz CT molecular complexity index is 563. The second kappa shape index (κ2) is 5.44. The highest BCUT2D eigenvalue weighted by Gasteiger charge is 2.08. The molecule has 0 heterocycles. The van der Waals surface area contributed by atoms with Crippen LogP contribution in [0.3, 0.4) is 0 Å². The highest BCUT2D eigenvalue weighted by molar-refractivity contribution is 9.10. The van der Waals surface area contributed by atoms with Crippen molar-refractivity contribution in [3.05, 3.63) is 58.3 Å². The van der Waals surface area contributed by atoms with E-state index < -0.39 is 0 Å². The molecule has 3 heteroatoms. The number of aldehydes is 1. The van der Waals surface area contributed by atoms with Crippen LogP contribution in [-0.4, -0.2) is 6.29 Å². The number of carbonyl (C=O) groups excluding carboxylic acids is 1. The minimum atomic E-state index is -0.249. The normalized spacial score (nSPS) is 12.2. The van der Waals surface area contributed by atoms with Crippen molar-refractivity contribution in [1.29, 1.82) is 0 Å². The summed E-state index contributed by atoms with van der Waals surface area (Å²) in [6, 6.07) is 12.1. The van der Waals surface area contributed by atoms with E-state index in [-0.39, 0.29) is 11.7 Å². The molecule has 1 nitrogen and oxygen atoms in total. The predicted octanol–water partition coefficient (Wildman–Crippen LogP) is 4.56. The summed E-state index contributed by atoms with van der Waals surface area (Å²) in [4.78, 5) is 10.8.